The third-order valence-electron chi connectivity index (χ3n) is 4.22. The average molecular weight is 404 g/mol. The average Bonchev–Trinajstić information content (AvgIpc) is 3.20. The van der Waals surface area contributed by atoms with Crippen LogP contribution in [0.2, 0.25) is 0 Å². The first-order valence-corrected chi connectivity index (χ1v) is 8.78. The Balaban J connectivity index is 0.000000589. The zero-order valence-corrected chi connectivity index (χ0v) is 15.5. The molecule has 9 heteroatoms. The molecule has 0 aliphatic heterocycles. The van der Waals surface area contributed by atoms with E-state index in [2.05, 4.69) is 9.97 Å². The second-order valence-corrected chi connectivity index (χ2v) is 6.14. The summed E-state index contributed by atoms with van der Waals surface area (Å²) < 4.78 is 0. The van der Waals surface area contributed by atoms with Gasteiger partial charge in [0.1, 0.15) is 0 Å². The van der Waals surface area contributed by atoms with E-state index < -0.39 is 5.09 Å². The van der Waals surface area contributed by atoms with Crippen LogP contribution in [-0.2, 0) is 0 Å². The van der Waals surface area contributed by atoms with Crippen molar-refractivity contribution in [3.8, 4) is 33.9 Å². The predicted octanol–water partition coefficient (Wildman–Crippen LogP) is 4.50. The van der Waals surface area contributed by atoms with Crippen molar-refractivity contribution in [2.24, 2.45) is 0 Å². The monoisotopic (exact) mass is 404 g/mol. The number of aromatic amines is 2. The van der Waals surface area contributed by atoms with E-state index in [0.29, 0.717) is 0 Å². The molecule has 1 heterocycles. The van der Waals surface area contributed by atoms with Crippen LogP contribution in [0.25, 0.3) is 33.9 Å². The van der Waals surface area contributed by atoms with Crippen molar-refractivity contribution in [1.29, 1.82) is 0 Å². The molecule has 0 fully saturated rings. The summed E-state index contributed by atoms with van der Waals surface area (Å²) >= 11 is 0. The smallest absolute Gasteiger partial charge is 0.285 e. The summed E-state index contributed by atoms with van der Waals surface area (Å²) in [6, 6.07) is 26.6. The third-order valence-corrected chi connectivity index (χ3v) is 4.22. The molecule has 0 aliphatic carbocycles. The van der Waals surface area contributed by atoms with Crippen molar-refractivity contribution in [3.05, 3.63) is 110 Å². The number of hydrogen-bond acceptors (Lipinski definition) is 5. The Morgan fingerprint density at radius 1 is 0.700 bits per heavy atom. The first-order valence-electron chi connectivity index (χ1n) is 8.78. The summed E-state index contributed by atoms with van der Waals surface area (Å²) in [5, 5.41) is 25.8. The second kappa shape index (κ2) is 9.11. The SMILES string of the molecule is O=[N+]([O-])[O-].O=[N+]([O-])c1cccc(-c2[nH]c(-c3ccccc3)c(-c3ccccc3)[nH+]2)c1. The molecule has 30 heavy (non-hydrogen) atoms. The van der Waals surface area contributed by atoms with Gasteiger partial charge in [-0.15, -0.1) is 0 Å². The van der Waals surface area contributed by atoms with Crippen molar-refractivity contribution < 1.29 is 15.0 Å². The van der Waals surface area contributed by atoms with E-state index in [0.717, 1.165) is 33.9 Å². The minimum absolute atomic E-state index is 0.0630. The van der Waals surface area contributed by atoms with Gasteiger partial charge in [0.2, 0.25) is 0 Å². The maximum Gasteiger partial charge on any atom is 0.285 e. The molecule has 4 rings (SSSR count). The van der Waals surface area contributed by atoms with Gasteiger partial charge in [0.05, 0.1) is 15.6 Å². The van der Waals surface area contributed by atoms with Gasteiger partial charge in [-0.3, -0.25) is 10.1 Å². The van der Waals surface area contributed by atoms with Crippen LogP contribution in [0.15, 0.2) is 84.9 Å². The molecule has 4 aromatic rings. The highest BCUT2D eigenvalue weighted by Crippen LogP contribution is 2.30. The first-order chi connectivity index (χ1) is 14.5. The lowest BCUT2D eigenvalue weighted by Crippen LogP contribution is -2.06. The van der Waals surface area contributed by atoms with Gasteiger partial charge in [0.25, 0.3) is 11.5 Å². The van der Waals surface area contributed by atoms with Crippen molar-refractivity contribution >= 4 is 5.69 Å². The molecule has 0 aliphatic rings. The van der Waals surface area contributed by atoms with Gasteiger partial charge in [-0.2, -0.15) is 0 Å². The van der Waals surface area contributed by atoms with Crippen LogP contribution < -0.4 is 4.98 Å². The van der Waals surface area contributed by atoms with Crippen LogP contribution in [0.3, 0.4) is 0 Å². The molecule has 0 unspecified atom stereocenters. The van der Waals surface area contributed by atoms with Crippen molar-refractivity contribution in [2.75, 3.05) is 0 Å². The third kappa shape index (κ3) is 4.84. The van der Waals surface area contributed by atoms with Crippen LogP contribution in [0.1, 0.15) is 0 Å². The van der Waals surface area contributed by atoms with Crippen molar-refractivity contribution in [3.63, 3.8) is 0 Å². The van der Waals surface area contributed by atoms with Gasteiger partial charge in [-0.25, -0.2) is 9.97 Å². The normalized spacial score (nSPS) is 10.0. The molecule has 0 saturated carbocycles. The van der Waals surface area contributed by atoms with Gasteiger partial charge in [-0.1, -0.05) is 66.7 Å². The van der Waals surface area contributed by atoms with E-state index in [1.807, 2.05) is 66.7 Å². The highest BCUT2D eigenvalue weighted by atomic mass is 16.9. The maximum atomic E-state index is 11.1. The van der Waals surface area contributed by atoms with Gasteiger partial charge in [-0.05, 0) is 6.07 Å². The summed E-state index contributed by atoms with van der Waals surface area (Å²) in [5.74, 6) is 0.728. The fourth-order valence-corrected chi connectivity index (χ4v) is 2.97. The molecule has 0 bridgehead atoms. The number of benzene rings is 3. The van der Waals surface area contributed by atoms with E-state index in [1.54, 1.807) is 12.1 Å². The number of nitrogens with zero attached hydrogens (tertiary/aromatic N) is 2. The van der Waals surface area contributed by atoms with Crippen LogP contribution in [-0.4, -0.2) is 15.0 Å². The van der Waals surface area contributed by atoms with Crippen molar-refractivity contribution in [2.45, 2.75) is 0 Å². The van der Waals surface area contributed by atoms with Crippen LogP contribution in [0.5, 0.6) is 0 Å². The molecule has 1 aromatic heterocycles. The summed E-state index contributed by atoms with van der Waals surface area (Å²) in [5.41, 5.74) is 4.77. The summed E-state index contributed by atoms with van der Waals surface area (Å²) in [6.45, 7) is 0. The Labute approximate surface area is 170 Å². The largest absolute Gasteiger partial charge is 0.356 e. The highest BCUT2D eigenvalue weighted by Gasteiger charge is 2.22. The number of aromatic nitrogens is 2. The summed E-state index contributed by atoms with van der Waals surface area (Å²) in [4.78, 5) is 25.8. The zero-order chi connectivity index (χ0) is 21.5. The number of rotatable bonds is 4. The van der Waals surface area contributed by atoms with Gasteiger partial charge in [0.15, 0.2) is 11.4 Å². The van der Waals surface area contributed by atoms with E-state index in [-0.39, 0.29) is 10.6 Å². The van der Waals surface area contributed by atoms with E-state index in [9.17, 15) is 10.1 Å². The Kier molecular flexibility index (Phi) is 6.14. The Bertz CT molecular complexity index is 1100. The van der Waals surface area contributed by atoms with Crippen LogP contribution >= 0.6 is 0 Å². The number of non-ortho nitro benzene ring substituents is 1. The lowest BCUT2D eigenvalue weighted by Gasteiger charge is -1.98. The Hall–Kier alpha value is -4.53. The summed E-state index contributed by atoms with van der Waals surface area (Å²) in [6.07, 6.45) is 0. The van der Waals surface area contributed by atoms with Gasteiger partial charge < -0.3 is 15.3 Å². The van der Waals surface area contributed by atoms with E-state index >= 15 is 0 Å². The zero-order valence-electron chi connectivity index (χ0n) is 15.5. The minimum Gasteiger partial charge on any atom is -0.356 e. The predicted molar refractivity (Wildman–Crippen MR) is 111 cm³/mol. The molecular weight excluding hydrogens is 388 g/mol. The van der Waals surface area contributed by atoms with E-state index in [4.69, 9.17) is 15.3 Å². The van der Waals surface area contributed by atoms with Gasteiger partial charge >= 0.3 is 0 Å². The number of nitro benzene ring substituents is 1. The number of nitrogens with one attached hydrogen (secondary N) is 2. The number of nitro groups is 1. The molecular formula is C21H16N4O5. The number of hydrogen-bond donors (Lipinski definition) is 1. The molecule has 3 aromatic carbocycles. The molecule has 0 saturated heterocycles. The molecule has 0 amide bonds. The fourth-order valence-electron chi connectivity index (χ4n) is 2.97. The summed E-state index contributed by atoms with van der Waals surface area (Å²) in [7, 11) is 0. The number of imidazole rings is 1. The van der Waals surface area contributed by atoms with Gasteiger partial charge in [0, 0.05) is 23.3 Å². The fraction of sp³-hybridized carbons (Fsp3) is 0. The quantitative estimate of drug-likeness (QED) is 0.394. The highest BCUT2D eigenvalue weighted by molar-refractivity contribution is 5.77. The standard InChI is InChI=1S/C21H15N3O2.NO3/c25-24(26)18-13-7-12-17(14-18)21-22-19(15-8-3-1-4-9-15)20(23-21)16-10-5-2-6-11-16;2-1(3)4/h1-14H,(H,22,23);/q;-1/p+1. The lowest BCUT2D eigenvalue weighted by atomic mass is 10.1. The molecule has 0 radical (unpaired) electrons. The molecule has 9 nitrogen and oxygen atoms in total. The van der Waals surface area contributed by atoms with Crippen LogP contribution in [0, 0.1) is 25.4 Å². The number of H-pyrrole nitrogens is 2. The maximum absolute atomic E-state index is 11.1. The molecule has 0 spiro atoms. The Morgan fingerprint density at radius 3 is 1.80 bits per heavy atom. The van der Waals surface area contributed by atoms with E-state index in [1.165, 1.54) is 6.07 Å². The second-order valence-electron chi connectivity index (χ2n) is 6.14. The first kappa shape index (κ1) is 20.2. The molecule has 0 atom stereocenters. The molecule has 150 valence electrons. The minimum atomic E-state index is -1.75. The van der Waals surface area contributed by atoms with Crippen molar-refractivity contribution in [1.82, 2.24) is 4.98 Å². The molecule has 2 N–H and O–H groups in total. The lowest BCUT2D eigenvalue weighted by molar-refractivity contribution is -0.402. The van der Waals surface area contributed by atoms with Crippen LogP contribution in [0.4, 0.5) is 5.69 Å². The Morgan fingerprint density at radius 2 is 1.23 bits per heavy atom. The topological polar surface area (TPSA) is 139 Å².